The van der Waals surface area contributed by atoms with Crippen LogP contribution in [-0.4, -0.2) is 23.2 Å². The van der Waals surface area contributed by atoms with E-state index in [1.165, 1.54) is 0 Å². The SMILES string of the molecule is NCCCc1coc(CCCO)n1. The summed E-state index contributed by atoms with van der Waals surface area (Å²) in [7, 11) is 0. The maximum atomic E-state index is 8.59. The fourth-order valence-corrected chi connectivity index (χ4v) is 1.09. The van der Waals surface area contributed by atoms with Gasteiger partial charge in [0.25, 0.3) is 0 Å². The summed E-state index contributed by atoms with van der Waals surface area (Å²) < 4.78 is 5.20. The molecule has 0 amide bonds. The molecule has 13 heavy (non-hydrogen) atoms. The van der Waals surface area contributed by atoms with Crippen LogP contribution in [0.1, 0.15) is 24.4 Å². The average Bonchev–Trinajstić information content (AvgIpc) is 2.59. The highest BCUT2D eigenvalue weighted by Gasteiger charge is 2.02. The third-order valence-corrected chi connectivity index (χ3v) is 1.79. The van der Waals surface area contributed by atoms with Crippen molar-refractivity contribution in [3.63, 3.8) is 0 Å². The highest BCUT2D eigenvalue weighted by Crippen LogP contribution is 2.06. The van der Waals surface area contributed by atoms with E-state index in [2.05, 4.69) is 4.98 Å². The number of aryl methyl sites for hydroxylation is 2. The van der Waals surface area contributed by atoms with Crippen LogP contribution in [0.3, 0.4) is 0 Å². The fraction of sp³-hybridized carbons (Fsp3) is 0.667. The Labute approximate surface area is 77.8 Å². The number of aliphatic hydroxyl groups excluding tert-OH is 1. The van der Waals surface area contributed by atoms with Crippen molar-refractivity contribution in [3.8, 4) is 0 Å². The highest BCUT2D eigenvalue weighted by molar-refractivity contribution is 4.96. The Morgan fingerprint density at radius 1 is 1.38 bits per heavy atom. The summed E-state index contributed by atoms with van der Waals surface area (Å²) in [6.07, 6.45) is 4.89. The third-order valence-electron chi connectivity index (χ3n) is 1.79. The smallest absolute Gasteiger partial charge is 0.194 e. The lowest BCUT2D eigenvalue weighted by molar-refractivity contribution is 0.283. The maximum Gasteiger partial charge on any atom is 0.194 e. The van der Waals surface area contributed by atoms with E-state index in [1.54, 1.807) is 6.26 Å². The molecule has 0 aliphatic rings. The third kappa shape index (κ3) is 3.57. The predicted molar refractivity (Wildman–Crippen MR) is 49.3 cm³/mol. The molecular weight excluding hydrogens is 168 g/mol. The van der Waals surface area contributed by atoms with Crippen LogP contribution in [0.4, 0.5) is 0 Å². The Hall–Kier alpha value is -0.870. The van der Waals surface area contributed by atoms with Gasteiger partial charge in [-0.15, -0.1) is 0 Å². The first-order valence-corrected chi connectivity index (χ1v) is 4.61. The van der Waals surface area contributed by atoms with Crippen molar-refractivity contribution in [1.82, 2.24) is 4.98 Å². The van der Waals surface area contributed by atoms with Crippen molar-refractivity contribution >= 4 is 0 Å². The normalized spacial score (nSPS) is 10.6. The minimum absolute atomic E-state index is 0.181. The van der Waals surface area contributed by atoms with Gasteiger partial charge >= 0.3 is 0 Å². The van der Waals surface area contributed by atoms with Crippen molar-refractivity contribution in [1.29, 1.82) is 0 Å². The molecule has 74 valence electrons. The largest absolute Gasteiger partial charge is 0.449 e. The van der Waals surface area contributed by atoms with Crippen LogP contribution in [0.15, 0.2) is 10.7 Å². The van der Waals surface area contributed by atoms with Crippen molar-refractivity contribution < 1.29 is 9.52 Å². The van der Waals surface area contributed by atoms with E-state index in [0.717, 1.165) is 18.5 Å². The molecule has 0 bridgehead atoms. The molecule has 0 aliphatic heterocycles. The molecule has 0 aliphatic carbocycles. The van der Waals surface area contributed by atoms with E-state index >= 15 is 0 Å². The number of hydrogen-bond donors (Lipinski definition) is 2. The van der Waals surface area contributed by atoms with E-state index < -0.39 is 0 Å². The summed E-state index contributed by atoms with van der Waals surface area (Å²) >= 11 is 0. The van der Waals surface area contributed by atoms with Crippen LogP contribution in [0.25, 0.3) is 0 Å². The second kappa shape index (κ2) is 5.72. The number of oxazole rings is 1. The molecule has 0 fully saturated rings. The number of nitrogens with zero attached hydrogens (tertiary/aromatic N) is 1. The molecule has 0 saturated carbocycles. The topological polar surface area (TPSA) is 72.3 Å². The van der Waals surface area contributed by atoms with Crippen LogP contribution in [0.2, 0.25) is 0 Å². The first-order chi connectivity index (χ1) is 6.36. The Morgan fingerprint density at radius 3 is 2.92 bits per heavy atom. The first kappa shape index (κ1) is 10.2. The lowest BCUT2D eigenvalue weighted by atomic mass is 10.2. The molecule has 1 rings (SSSR count). The zero-order chi connectivity index (χ0) is 9.52. The van der Waals surface area contributed by atoms with Gasteiger partial charge in [-0.1, -0.05) is 0 Å². The molecule has 0 saturated heterocycles. The van der Waals surface area contributed by atoms with Crippen molar-refractivity contribution in [2.75, 3.05) is 13.2 Å². The zero-order valence-corrected chi connectivity index (χ0v) is 7.70. The second-order valence-corrected chi connectivity index (χ2v) is 2.95. The number of hydrogen-bond acceptors (Lipinski definition) is 4. The summed E-state index contributed by atoms with van der Waals surface area (Å²) in [5, 5.41) is 8.59. The number of rotatable bonds is 6. The molecule has 3 N–H and O–H groups in total. The number of nitrogens with two attached hydrogens (primary N) is 1. The second-order valence-electron chi connectivity index (χ2n) is 2.95. The first-order valence-electron chi connectivity index (χ1n) is 4.61. The minimum Gasteiger partial charge on any atom is -0.449 e. The molecule has 1 aromatic rings. The standard InChI is InChI=1S/C9H16N2O2/c10-5-1-3-8-7-13-9(11-8)4-2-6-12/h7,12H,1-6,10H2. The molecule has 0 atom stereocenters. The molecule has 1 heterocycles. The van der Waals surface area contributed by atoms with Gasteiger partial charge in [0, 0.05) is 13.0 Å². The molecule has 4 nitrogen and oxygen atoms in total. The van der Waals surface area contributed by atoms with Crippen molar-refractivity contribution in [3.05, 3.63) is 17.8 Å². The highest BCUT2D eigenvalue weighted by atomic mass is 16.3. The van der Waals surface area contributed by atoms with Gasteiger partial charge in [0.15, 0.2) is 5.89 Å². The quantitative estimate of drug-likeness (QED) is 0.675. The molecular formula is C9H16N2O2. The molecule has 0 aromatic carbocycles. The molecule has 0 unspecified atom stereocenters. The van der Waals surface area contributed by atoms with Crippen LogP contribution >= 0.6 is 0 Å². The van der Waals surface area contributed by atoms with E-state index in [4.69, 9.17) is 15.3 Å². The molecule has 0 spiro atoms. The van der Waals surface area contributed by atoms with Gasteiger partial charge in [-0.3, -0.25) is 0 Å². The van der Waals surface area contributed by atoms with Crippen LogP contribution in [-0.2, 0) is 12.8 Å². The average molecular weight is 184 g/mol. The Bertz CT molecular complexity index is 213. The number of aromatic nitrogens is 1. The maximum absolute atomic E-state index is 8.59. The van der Waals surface area contributed by atoms with E-state index in [1.807, 2.05) is 0 Å². The van der Waals surface area contributed by atoms with Gasteiger partial charge in [-0.05, 0) is 25.8 Å². The van der Waals surface area contributed by atoms with Crippen molar-refractivity contribution in [2.45, 2.75) is 25.7 Å². The molecule has 4 heteroatoms. The van der Waals surface area contributed by atoms with E-state index in [9.17, 15) is 0 Å². The van der Waals surface area contributed by atoms with Crippen molar-refractivity contribution in [2.24, 2.45) is 5.73 Å². The van der Waals surface area contributed by atoms with Crippen LogP contribution in [0.5, 0.6) is 0 Å². The Morgan fingerprint density at radius 2 is 2.23 bits per heavy atom. The van der Waals surface area contributed by atoms with Gasteiger partial charge in [0.05, 0.1) is 5.69 Å². The molecule has 1 aromatic heterocycles. The summed E-state index contributed by atoms with van der Waals surface area (Å²) in [6.45, 7) is 0.860. The summed E-state index contributed by atoms with van der Waals surface area (Å²) in [5.41, 5.74) is 6.33. The molecule has 0 radical (unpaired) electrons. The Kier molecular flexibility index (Phi) is 4.49. The predicted octanol–water partition coefficient (Wildman–Crippen LogP) is 0.491. The zero-order valence-electron chi connectivity index (χ0n) is 7.70. The lowest BCUT2D eigenvalue weighted by Gasteiger charge is -1.91. The van der Waals surface area contributed by atoms with Gasteiger partial charge in [-0.2, -0.15) is 0 Å². The monoisotopic (exact) mass is 184 g/mol. The Balaban J connectivity index is 2.34. The van der Waals surface area contributed by atoms with Crippen LogP contribution in [0, 0.1) is 0 Å². The lowest BCUT2D eigenvalue weighted by Crippen LogP contribution is -2.00. The van der Waals surface area contributed by atoms with Gasteiger partial charge in [0.2, 0.25) is 0 Å². The summed E-state index contributed by atoms with van der Waals surface area (Å²) in [4.78, 5) is 4.25. The summed E-state index contributed by atoms with van der Waals surface area (Å²) in [6, 6.07) is 0. The fourth-order valence-electron chi connectivity index (χ4n) is 1.09. The summed E-state index contributed by atoms with van der Waals surface area (Å²) in [5.74, 6) is 0.709. The van der Waals surface area contributed by atoms with Crippen LogP contribution < -0.4 is 5.73 Å². The van der Waals surface area contributed by atoms with E-state index in [0.29, 0.717) is 25.3 Å². The van der Waals surface area contributed by atoms with E-state index in [-0.39, 0.29) is 6.61 Å². The van der Waals surface area contributed by atoms with Gasteiger partial charge in [-0.25, -0.2) is 4.98 Å². The van der Waals surface area contributed by atoms with Gasteiger partial charge in [0.1, 0.15) is 6.26 Å². The van der Waals surface area contributed by atoms with Gasteiger partial charge < -0.3 is 15.3 Å². The minimum atomic E-state index is 0.181. The number of aliphatic hydroxyl groups is 1.